The van der Waals surface area contributed by atoms with Crippen LogP contribution in [0.25, 0.3) is 6.08 Å². The fourth-order valence-corrected chi connectivity index (χ4v) is 5.39. The molecule has 3 aromatic carbocycles. The number of ether oxygens (including phenoxy) is 1. The van der Waals surface area contributed by atoms with Gasteiger partial charge < -0.3 is 21.1 Å². The van der Waals surface area contributed by atoms with Gasteiger partial charge in [0, 0.05) is 29.4 Å². The van der Waals surface area contributed by atoms with Crippen LogP contribution in [0.4, 0.5) is 17.1 Å². The molecular formula is C31H33ClN4O3. The number of anilines is 3. The van der Waals surface area contributed by atoms with E-state index in [4.69, 9.17) is 22.1 Å². The second kappa shape index (κ2) is 12.5. The van der Waals surface area contributed by atoms with Gasteiger partial charge in [-0.05, 0) is 79.4 Å². The minimum atomic E-state index is -0.306. The number of nitrogens with zero attached hydrogens (tertiary/aromatic N) is 1. The zero-order chi connectivity index (χ0) is 27.2. The molecule has 2 fully saturated rings. The first kappa shape index (κ1) is 26.9. The summed E-state index contributed by atoms with van der Waals surface area (Å²) in [5.74, 6) is -0.621. The monoisotopic (exact) mass is 544 g/mol. The molecule has 2 bridgehead atoms. The van der Waals surface area contributed by atoms with Crippen LogP contribution in [-0.4, -0.2) is 48.6 Å². The number of nitrogens with two attached hydrogens (primary N) is 1. The second-order valence-corrected chi connectivity index (χ2v) is 10.5. The van der Waals surface area contributed by atoms with Gasteiger partial charge in [-0.15, -0.1) is 0 Å². The zero-order valence-electron chi connectivity index (χ0n) is 21.7. The van der Waals surface area contributed by atoms with Crippen molar-refractivity contribution in [3.05, 3.63) is 95.0 Å². The van der Waals surface area contributed by atoms with Gasteiger partial charge in [-0.1, -0.05) is 48.0 Å². The third kappa shape index (κ3) is 7.06. The van der Waals surface area contributed by atoms with Gasteiger partial charge in [0.05, 0.1) is 30.0 Å². The Morgan fingerprint density at radius 3 is 2.51 bits per heavy atom. The quantitative estimate of drug-likeness (QED) is 0.230. The minimum Gasteiger partial charge on any atom is -0.397 e. The largest absolute Gasteiger partial charge is 0.397 e. The van der Waals surface area contributed by atoms with E-state index >= 15 is 0 Å². The summed E-state index contributed by atoms with van der Waals surface area (Å²) >= 11 is 6.01. The smallest absolute Gasteiger partial charge is 0.248 e. The predicted octanol–water partition coefficient (Wildman–Crippen LogP) is 5.55. The number of fused-ring (bicyclic) bond motifs is 2. The van der Waals surface area contributed by atoms with Crippen molar-refractivity contribution in [2.75, 3.05) is 36.1 Å². The number of amides is 2. The highest BCUT2D eigenvalue weighted by atomic mass is 35.5. The lowest BCUT2D eigenvalue weighted by atomic mass is 9.92. The molecule has 8 heteroatoms. The van der Waals surface area contributed by atoms with Crippen molar-refractivity contribution in [2.24, 2.45) is 0 Å². The van der Waals surface area contributed by atoms with E-state index in [-0.39, 0.29) is 17.7 Å². The number of hydrogen-bond acceptors (Lipinski definition) is 5. The molecule has 2 aliphatic heterocycles. The van der Waals surface area contributed by atoms with Crippen molar-refractivity contribution in [3.8, 4) is 0 Å². The molecule has 7 nitrogen and oxygen atoms in total. The van der Waals surface area contributed by atoms with Gasteiger partial charge >= 0.3 is 0 Å². The summed E-state index contributed by atoms with van der Waals surface area (Å²) < 4.78 is 5.72. The maximum Gasteiger partial charge on any atom is 0.248 e. The number of morpholine rings is 1. The number of nitrogen functional groups attached to an aromatic ring is 1. The van der Waals surface area contributed by atoms with Gasteiger partial charge in [0.2, 0.25) is 11.8 Å². The molecule has 2 aliphatic rings. The fourth-order valence-electron chi connectivity index (χ4n) is 5.26. The van der Waals surface area contributed by atoms with Crippen LogP contribution in [0.2, 0.25) is 5.02 Å². The van der Waals surface area contributed by atoms with E-state index in [1.807, 2.05) is 36.4 Å². The standard InChI is InChI=1S/C31H33ClN4O3/c32-23-12-14-24(15-13-23)34-31(38)27(4-3-17-36-19-26-18-25(36)20-39-26)22-10-7-21(8-11-22)9-16-30(37)35-29-6-2-1-5-28(29)33/h1-2,5-16,25-27H,3-4,17-20,33H2,(H,34,38)(H,35,37)/b16-9+. The lowest BCUT2D eigenvalue weighted by molar-refractivity contribution is -0.117. The number of likely N-dealkylation sites (tertiary alicyclic amines) is 1. The average molecular weight is 545 g/mol. The van der Waals surface area contributed by atoms with E-state index in [2.05, 4.69) is 15.5 Å². The maximum absolute atomic E-state index is 13.4. The van der Waals surface area contributed by atoms with Crippen LogP contribution in [-0.2, 0) is 14.3 Å². The van der Waals surface area contributed by atoms with Crippen molar-refractivity contribution in [1.29, 1.82) is 0 Å². The minimum absolute atomic E-state index is 0.0493. The molecule has 0 spiro atoms. The molecule has 2 heterocycles. The van der Waals surface area contributed by atoms with E-state index in [9.17, 15) is 9.59 Å². The van der Waals surface area contributed by atoms with Gasteiger partial charge in [0.25, 0.3) is 0 Å². The Labute approximate surface area is 234 Å². The maximum atomic E-state index is 13.4. The van der Waals surface area contributed by atoms with Gasteiger partial charge in [0.15, 0.2) is 0 Å². The van der Waals surface area contributed by atoms with Crippen LogP contribution in [0.5, 0.6) is 0 Å². The molecule has 39 heavy (non-hydrogen) atoms. The van der Waals surface area contributed by atoms with Crippen molar-refractivity contribution in [1.82, 2.24) is 4.90 Å². The zero-order valence-corrected chi connectivity index (χ0v) is 22.4. The summed E-state index contributed by atoms with van der Waals surface area (Å²) in [5.41, 5.74) is 9.50. The highest BCUT2D eigenvalue weighted by Gasteiger charge is 2.38. The molecular weight excluding hydrogens is 512 g/mol. The van der Waals surface area contributed by atoms with Crippen LogP contribution >= 0.6 is 11.6 Å². The number of hydrogen-bond donors (Lipinski definition) is 3. The lowest BCUT2D eigenvalue weighted by Gasteiger charge is -2.27. The summed E-state index contributed by atoms with van der Waals surface area (Å²) in [6.45, 7) is 2.76. The Morgan fingerprint density at radius 1 is 1.05 bits per heavy atom. The summed E-state index contributed by atoms with van der Waals surface area (Å²) in [4.78, 5) is 28.2. The molecule has 5 rings (SSSR count). The molecule has 0 aromatic heterocycles. The number of halogens is 1. The van der Waals surface area contributed by atoms with Crippen molar-refractivity contribution in [2.45, 2.75) is 37.3 Å². The first-order valence-electron chi connectivity index (χ1n) is 13.3. The summed E-state index contributed by atoms with van der Waals surface area (Å²) in [6.07, 6.45) is 6.33. The molecule has 0 radical (unpaired) electrons. The highest BCUT2D eigenvalue weighted by Crippen LogP contribution is 2.30. The topological polar surface area (TPSA) is 96.7 Å². The van der Waals surface area contributed by atoms with Crippen LogP contribution in [0.1, 0.15) is 36.3 Å². The third-order valence-electron chi connectivity index (χ3n) is 7.36. The lowest BCUT2D eigenvalue weighted by Crippen LogP contribution is -2.37. The Morgan fingerprint density at radius 2 is 1.82 bits per heavy atom. The van der Waals surface area contributed by atoms with Crippen LogP contribution in [0.15, 0.2) is 78.9 Å². The molecule has 0 aliphatic carbocycles. The predicted molar refractivity (Wildman–Crippen MR) is 157 cm³/mol. The number of carbonyl (C=O) groups excluding carboxylic acids is 2. The number of para-hydroxylation sites is 2. The normalized spacial score (nSPS) is 19.3. The summed E-state index contributed by atoms with van der Waals surface area (Å²) in [6, 6.07) is 22.6. The van der Waals surface area contributed by atoms with Gasteiger partial charge in [-0.25, -0.2) is 0 Å². The average Bonchev–Trinajstić information content (AvgIpc) is 3.57. The van der Waals surface area contributed by atoms with Gasteiger partial charge in [-0.2, -0.15) is 0 Å². The molecule has 3 aromatic rings. The van der Waals surface area contributed by atoms with E-state index in [1.54, 1.807) is 42.5 Å². The van der Waals surface area contributed by atoms with E-state index in [0.717, 1.165) is 50.1 Å². The Hall–Kier alpha value is -3.65. The Kier molecular flexibility index (Phi) is 8.61. The Balaban J connectivity index is 1.24. The third-order valence-corrected chi connectivity index (χ3v) is 7.62. The van der Waals surface area contributed by atoms with E-state index in [0.29, 0.717) is 34.2 Å². The molecule has 3 atom stereocenters. The summed E-state index contributed by atoms with van der Waals surface area (Å²) in [7, 11) is 0. The van der Waals surface area contributed by atoms with Crippen LogP contribution in [0.3, 0.4) is 0 Å². The second-order valence-electron chi connectivity index (χ2n) is 10.1. The number of rotatable bonds is 10. The van der Waals surface area contributed by atoms with Crippen LogP contribution < -0.4 is 16.4 Å². The van der Waals surface area contributed by atoms with Crippen molar-refractivity contribution in [3.63, 3.8) is 0 Å². The Bertz CT molecular complexity index is 1330. The molecule has 4 N–H and O–H groups in total. The molecule has 2 amide bonds. The molecule has 0 saturated carbocycles. The number of carbonyl (C=O) groups is 2. The first-order valence-corrected chi connectivity index (χ1v) is 13.7. The van der Waals surface area contributed by atoms with Gasteiger partial charge in [-0.3, -0.25) is 14.5 Å². The summed E-state index contributed by atoms with van der Waals surface area (Å²) in [5, 5.41) is 6.45. The fraction of sp³-hybridized carbons (Fsp3) is 0.290. The first-order chi connectivity index (χ1) is 18.9. The van der Waals surface area contributed by atoms with Crippen LogP contribution in [0, 0.1) is 0 Å². The molecule has 3 unspecified atom stereocenters. The van der Waals surface area contributed by atoms with Gasteiger partial charge in [0.1, 0.15) is 0 Å². The van der Waals surface area contributed by atoms with Crippen molar-refractivity contribution < 1.29 is 14.3 Å². The number of nitrogens with one attached hydrogen (secondary N) is 2. The molecule has 2 saturated heterocycles. The van der Waals surface area contributed by atoms with E-state index in [1.165, 1.54) is 6.08 Å². The number of benzene rings is 3. The molecule has 202 valence electrons. The SMILES string of the molecule is Nc1ccccc1NC(=O)/C=C/c1ccc(C(CCCN2CC3CC2CO3)C(=O)Nc2ccc(Cl)cc2)cc1. The van der Waals surface area contributed by atoms with E-state index < -0.39 is 0 Å². The van der Waals surface area contributed by atoms with Crippen molar-refractivity contribution >= 4 is 46.6 Å². The highest BCUT2D eigenvalue weighted by molar-refractivity contribution is 6.30.